The van der Waals surface area contributed by atoms with Crippen molar-refractivity contribution in [3.05, 3.63) is 57.6 Å². The molecule has 3 rings (SSSR count). The van der Waals surface area contributed by atoms with Gasteiger partial charge in [0.2, 0.25) is 0 Å². The number of hydrogen-bond donors (Lipinski definition) is 1. The van der Waals surface area contributed by atoms with E-state index < -0.39 is 4.92 Å². The van der Waals surface area contributed by atoms with Gasteiger partial charge >= 0.3 is 0 Å². The third-order valence-electron chi connectivity index (χ3n) is 4.00. The van der Waals surface area contributed by atoms with Gasteiger partial charge in [-0.3, -0.25) is 14.9 Å². The summed E-state index contributed by atoms with van der Waals surface area (Å²) in [5.41, 5.74) is 1.42. The summed E-state index contributed by atoms with van der Waals surface area (Å²) in [5, 5.41) is 14.0. The lowest BCUT2D eigenvalue weighted by molar-refractivity contribution is -0.384. The predicted octanol–water partition coefficient (Wildman–Crippen LogP) is 3.10. The average Bonchev–Trinajstić information content (AvgIpc) is 2.67. The highest BCUT2D eigenvalue weighted by Crippen LogP contribution is 2.30. The van der Waals surface area contributed by atoms with E-state index in [2.05, 4.69) is 10.2 Å². The third kappa shape index (κ3) is 5.08. The van der Waals surface area contributed by atoms with Gasteiger partial charge in [-0.05, 0) is 30.3 Å². The molecule has 0 aromatic heterocycles. The monoisotopic (exact) mass is 391 g/mol. The molecule has 1 saturated heterocycles. The van der Waals surface area contributed by atoms with E-state index in [1.807, 2.05) is 6.07 Å². The minimum atomic E-state index is -0.497. The van der Waals surface area contributed by atoms with Gasteiger partial charge < -0.3 is 19.7 Å². The van der Waals surface area contributed by atoms with Gasteiger partial charge in [0, 0.05) is 30.2 Å². The number of nitrogens with zero attached hydrogens (tertiary/aromatic N) is 2. The summed E-state index contributed by atoms with van der Waals surface area (Å²) in [5.74, 6) is 0.0142. The fourth-order valence-electron chi connectivity index (χ4n) is 2.69. The Hall–Kier alpha value is -2.84. The Bertz CT molecular complexity index is 822. The van der Waals surface area contributed by atoms with Crippen LogP contribution in [-0.2, 0) is 9.53 Å². The Kier molecular flexibility index (Phi) is 6.10. The summed E-state index contributed by atoms with van der Waals surface area (Å²) in [6.45, 7) is 2.47. The first kappa shape index (κ1) is 18.9. The number of amides is 1. The van der Waals surface area contributed by atoms with E-state index in [9.17, 15) is 14.9 Å². The number of halogens is 1. The van der Waals surface area contributed by atoms with Crippen molar-refractivity contribution >= 4 is 34.6 Å². The first-order chi connectivity index (χ1) is 13.0. The maximum atomic E-state index is 12.3. The van der Waals surface area contributed by atoms with Crippen LogP contribution in [0.15, 0.2) is 42.5 Å². The molecule has 2 aromatic rings. The van der Waals surface area contributed by atoms with Crippen molar-refractivity contribution in [2.24, 2.45) is 0 Å². The average molecular weight is 392 g/mol. The summed E-state index contributed by atoms with van der Waals surface area (Å²) in [6, 6.07) is 10.9. The van der Waals surface area contributed by atoms with Crippen LogP contribution in [0.3, 0.4) is 0 Å². The van der Waals surface area contributed by atoms with Gasteiger partial charge in [0.1, 0.15) is 5.75 Å². The molecular weight excluding hydrogens is 374 g/mol. The zero-order chi connectivity index (χ0) is 19.2. The number of morpholine rings is 1. The van der Waals surface area contributed by atoms with Crippen LogP contribution in [-0.4, -0.2) is 43.7 Å². The zero-order valence-corrected chi connectivity index (χ0v) is 15.1. The SMILES string of the molecule is O=C(COc1ccc([N+](=O)[O-])cc1)Nc1cc(Cl)ccc1N1CCOCC1. The number of hydrogen-bond acceptors (Lipinski definition) is 6. The van der Waals surface area contributed by atoms with Crippen molar-refractivity contribution in [2.75, 3.05) is 43.1 Å². The molecule has 0 aliphatic carbocycles. The molecule has 1 aliphatic rings. The van der Waals surface area contributed by atoms with Crippen LogP contribution in [0.5, 0.6) is 5.75 Å². The van der Waals surface area contributed by atoms with Gasteiger partial charge in [0.05, 0.1) is 29.5 Å². The third-order valence-corrected chi connectivity index (χ3v) is 4.24. The zero-order valence-electron chi connectivity index (χ0n) is 14.4. The standard InChI is InChI=1S/C18H18ClN3O5/c19-13-1-6-17(21-7-9-26-10-8-21)16(11-13)20-18(23)12-27-15-4-2-14(3-5-15)22(24)25/h1-6,11H,7-10,12H2,(H,20,23). The van der Waals surface area contributed by atoms with Crippen molar-refractivity contribution in [3.63, 3.8) is 0 Å². The molecule has 0 unspecified atom stereocenters. The van der Waals surface area contributed by atoms with Gasteiger partial charge in [-0.15, -0.1) is 0 Å². The van der Waals surface area contributed by atoms with Gasteiger partial charge in [0.25, 0.3) is 11.6 Å². The minimum Gasteiger partial charge on any atom is -0.484 e. The molecule has 0 atom stereocenters. The van der Waals surface area contributed by atoms with Gasteiger partial charge in [-0.1, -0.05) is 11.6 Å². The Labute approximate surface area is 160 Å². The Balaban J connectivity index is 1.63. The number of non-ortho nitro benzene ring substituents is 1. The highest BCUT2D eigenvalue weighted by atomic mass is 35.5. The van der Waals surface area contributed by atoms with E-state index in [0.29, 0.717) is 29.7 Å². The lowest BCUT2D eigenvalue weighted by Crippen LogP contribution is -2.37. The van der Waals surface area contributed by atoms with Crippen molar-refractivity contribution < 1.29 is 19.2 Å². The number of rotatable bonds is 6. The van der Waals surface area contributed by atoms with E-state index in [1.165, 1.54) is 24.3 Å². The second-order valence-electron chi connectivity index (χ2n) is 5.85. The fraction of sp³-hybridized carbons (Fsp3) is 0.278. The number of nitrogens with one attached hydrogen (secondary N) is 1. The summed E-state index contributed by atoms with van der Waals surface area (Å²) >= 11 is 6.07. The number of nitro benzene ring substituents is 1. The molecule has 0 spiro atoms. The lowest BCUT2D eigenvalue weighted by Gasteiger charge is -2.30. The van der Waals surface area contributed by atoms with E-state index in [4.69, 9.17) is 21.1 Å². The van der Waals surface area contributed by atoms with Crippen LogP contribution in [0.25, 0.3) is 0 Å². The van der Waals surface area contributed by atoms with Crippen LogP contribution in [0, 0.1) is 10.1 Å². The van der Waals surface area contributed by atoms with E-state index >= 15 is 0 Å². The molecule has 0 radical (unpaired) electrons. The molecule has 1 aliphatic heterocycles. The second-order valence-corrected chi connectivity index (χ2v) is 6.29. The summed E-state index contributed by atoms with van der Waals surface area (Å²) in [4.78, 5) is 24.5. The van der Waals surface area contributed by atoms with Crippen molar-refractivity contribution in [2.45, 2.75) is 0 Å². The molecule has 142 valence electrons. The van der Waals surface area contributed by atoms with Gasteiger partial charge in [-0.25, -0.2) is 0 Å². The lowest BCUT2D eigenvalue weighted by atomic mass is 10.2. The smallest absolute Gasteiger partial charge is 0.269 e. The number of carbonyl (C=O) groups is 1. The van der Waals surface area contributed by atoms with E-state index in [1.54, 1.807) is 12.1 Å². The first-order valence-electron chi connectivity index (χ1n) is 8.32. The van der Waals surface area contributed by atoms with Crippen LogP contribution < -0.4 is 15.0 Å². The molecular formula is C18H18ClN3O5. The Morgan fingerprint density at radius 1 is 1.22 bits per heavy atom. The Morgan fingerprint density at radius 2 is 1.93 bits per heavy atom. The first-order valence-corrected chi connectivity index (χ1v) is 8.70. The Morgan fingerprint density at radius 3 is 2.59 bits per heavy atom. The summed E-state index contributed by atoms with van der Waals surface area (Å²) < 4.78 is 10.7. The molecule has 9 heteroatoms. The topological polar surface area (TPSA) is 93.9 Å². The molecule has 2 aromatic carbocycles. The van der Waals surface area contributed by atoms with Crippen LogP contribution in [0.2, 0.25) is 5.02 Å². The molecule has 8 nitrogen and oxygen atoms in total. The molecule has 0 saturated carbocycles. The summed E-state index contributed by atoms with van der Waals surface area (Å²) in [6.07, 6.45) is 0. The van der Waals surface area contributed by atoms with Gasteiger partial charge in [-0.2, -0.15) is 0 Å². The molecule has 1 fully saturated rings. The van der Waals surface area contributed by atoms with Crippen LogP contribution in [0.4, 0.5) is 17.1 Å². The molecule has 0 bridgehead atoms. The van der Waals surface area contributed by atoms with Crippen molar-refractivity contribution in [3.8, 4) is 5.75 Å². The number of ether oxygens (including phenoxy) is 2. The number of nitro groups is 1. The van der Waals surface area contributed by atoms with E-state index in [-0.39, 0.29) is 18.2 Å². The number of benzene rings is 2. The highest BCUT2D eigenvalue weighted by Gasteiger charge is 2.17. The predicted molar refractivity (Wildman–Crippen MR) is 102 cm³/mol. The van der Waals surface area contributed by atoms with Gasteiger partial charge in [0.15, 0.2) is 6.61 Å². The largest absolute Gasteiger partial charge is 0.484 e. The second kappa shape index (κ2) is 8.70. The fourth-order valence-corrected chi connectivity index (χ4v) is 2.86. The number of carbonyl (C=O) groups excluding carboxylic acids is 1. The van der Waals surface area contributed by atoms with Crippen molar-refractivity contribution in [1.29, 1.82) is 0 Å². The van der Waals surface area contributed by atoms with E-state index in [0.717, 1.165) is 18.8 Å². The molecule has 1 heterocycles. The summed E-state index contributed by atoms with van der Waals surface area (Å²) in [7, 11) is 0. The maximum Gasteiger partial charge on any atom is 0.269 e. The number of anilines is 2. The molecule has 27 heavy (non-hydrogen) atoms. The minimum absolute atomic E-state index is 0.0409. The van der Waals surface area contributed by atoms with Crippen LogP contribution >= 0.6 is 11.6 Å². The van der Waals surface area contributed by atoms with Crippen molar-refractivity contribution in [1.82, 2.24) is 0 Å². The quantitative estimate of drug-likeness (QED) is 0.600. The molecule has 1 amide bonds. The normalized spacial score (nSPS) is 13.9. The highest BCUT2D eigenvalue weighted by molar-refractivity contribution is 6.31. The molecule has 1 N–H and O–H groups in total. The van der Waals surface area contributed by atoms with Crippen LogP contribution in [0.1, 0.15) is 0 Å². The maximum absolute atomic E-state index is 12.3.